The molecular formula is C19H19N5O3. The molecule has 0 amide bonds. The van der Waals surface area contributed by atoms with Crippen molar-refractivity contribution in [1.82, 2.24) is 25.1 Å². The molecule has 27 heavy (non-hydrogen) atoms. The molecular weight excluding hydrogens is 346 g/mol. The van der Waals surface area contributed by atoms with Crippen LogP contribution in [0.15, 0.2) is 36.4 Å². The predicted octanol–water partition coefficient (Wildman–Crippen LogP) is 2.74. The zero-order valence-corrected chi connectivity index (χ0v) is 15.0. The Balaban J connectivity index is 1.68. The largest absolute Gasteiger partial charge is 0.492 e. The summed E-state index contributed by atoms with van der Waals surface area (Å²) in [5, 5.41) is 17.1. The number of nitrogens with one attached hydrogen (secondary N) is 2. The number of H-pyrrole nitrogens is 2. The van der Waals surface area contributed by atoms with Crippen molar-refractivity contribution in [2.75, 3.05) is 27.2 Å². The maximum Gasteiger partial charge on any atom is 0.335 e. The summed E-state index contributed by atoms with van der Waals surface area (Å²) >= 11 is 0. The first-order valence-corrected chi connectivity index (χ1v) is 8.50. The van der Waals surface area contributed by atoms with E-state index in [1.165, 1.54) is 0 Å². The minimum absolute atomic E-state index is 0.206. The molecule has 0 fully saturated rings. The Morgan fingerprint density at radius 2 is 2.04 bits per heavy atom. The molecule has 0 bridgehead atoms. The van der Waals surface area contributed by atoms with Gasteiger partial charge in [-0.3, -0.25) is 5.10 Å². The van der Waals surface area contributed by atoms with Crippen LogP contribution >= 0.6 is 0 Å². The van der Waals surface area contributed by atoms with E-state index in [9.17, 15) is 9.90 Å². The Bertz CT molecular complexity index is 1130. The maximum atomic E-state index is 11.3. The van der Waals surface area contributed by atoms with Crippen LogP contribution in [0.5, 0.6) is 5.75 Å². The third-order valence-electron chi connectivity index (χ3n) is 4.29. The smallest absolute Gasteiger partial charge is 0.335 e. The minimum Gasteiger partial charge on any atom is -0.492 e. The standard InChI is InChI=1S/C19H19N5O3/c1-24(2)7-8-27-12-4-6-15-16(10-12)21-18(20-15)17-13-9-11(19(25)26)3-5-14(13)22-23-17/h3-6,9-10H,7-8H2,1-2H3,(H,20,21)(H,22,23)(H,25,26). The molecule has 0 spiro atoms. The molecule has 2 aromatic heterocycles. The van der Waals surface area contributed by atoms with Crippen LogP contribution in [0, 0.1) is 0 Å². The highest BCUT2D eigenvalue weighted by Crippen LogP contribution is 2.28. The van der Waals surface area contributed by atoms with Crippen molar-refractivity contribution in [3.63, 3.8) is 0 Å². The topological polar surface area (TPSA) is 107 Å². The van der Waals surface area contributed by atoms with E-state index in [1.807, 2.05) is 32.3 Å². The highest BCUT2D eigenvalue weighted by atomic mass is 16.5. The van der Waals surface area contributed by atoms with E-state index >= 15 is 0 Å². The molecule has 0 saturated carbocycles. The number of hydrogen-bond acceptors (Lipinski definition) is 5. The zero-order chi connectivity index (χ0) is 19.0. The lowest BCUT2D eigenvalue weighted by Gasteiger charge is -2.10. The molecule has 2 aromatic carbocycles. The van der Waals surface area contributed by atoms with E-state index in [1.54, 1.807) is 18.2 Å². The van der Waals surface area contributed by atoms with Crippen molar-refractivity contribution in [3.05, 3.63) is 42.0 Å². The second kappa shape index (κ2) is 6.73. The van der Waals surface area contributed by atoms with Gasteiger partial charge in [0.15, 0.2) is 5.82 Å². The van der Waals surface area contributed by atoms with Gasteiger partial charge in [0.1, 0.15) is 18.1 Å². The van der Waals surface area contributed by atoms with Crippen LogP contribution in [0.4, 0.5) is 0 Å². The first-order valence-electron chi connectivity index (χ1n) is 8.50. The number of carbonyl (C=O) groups is 1. The number of hydrogen-bond donors (Lipinski definition) is 3. The van der Waals surface area contributed by atoms with Crippen molar-refractivity contribution >= 4 is 27.9 Å². The predicted molar refractivity (Wildman–Crippen MR) is 102 cm³/mol. The second-order valence-electron chi connectivity index (χ2n) is 6.55. The highest BCUT2D eigenvalue weighted by Gasteiger charge is 2.15. The van der Waals surface area contributed by atoms with Gasteiger partial charge in [-0.25, -0.2) is 9.78 Å². The second-order valence-corrected chi connectivity index (χ2v) is 6.55. The van der Waals surface area contributed by atoms with Gasteiger partial charge in [0.2, 0.25) is 0 Å². The number of carboxylic acids is 1. The summed E-state index contributed by atoms with van der Waals surface area (Å²) in [6.45, 7) is 1.43. The summed E-state index contributed by atoms with van der Waals surface area (Å²) in [7, 11) is 4.00. The van der Waals surface area contributed by atoms with E-state index in [0.29, 0.717) is 23.5 Å². The third-order valence-corrected chi connectivity index (χ3v) is 4.29. The van der Waals surface area contributed by atoms with Crippen LogP contribution in [0.1, 0.15) is 10.4 Å². The fraction of sp³-hybridized carbons (Fsp3) is 0.211. The summed E-state index contributed by atoms with van der Waals surface area (Å²) in [5.74, 6) is 0.358. The van der Waals surface area contributed by atoms with Crippen molar-refractivity contribution in [3.8, 4) is 17.3 Å². The Labute approximate surface area is 154 Å². The molecule has 138 valence electrons. The zero-order valence-electron chi connectivity index (χ0n) is 15.0. The van der Waals surface area contributed by atoms with Crippen LogP contribution in [0.25, 0.3) is 33.5 Å². The number of nitrogens with zero attached hydrogens (tertiary/aromatic N) is 3. The lowest BCUT2D eigenvalue weighted by Crippen LogP contribution is -2.19. The Morgan fingerprint density at radius 1 is 1.19 bits per heavy atom. The van der Waals surface area contributed by atoms with Crippen LogP contribution in [0.2, 0.25) is 0 Å². The first-order chi connectivity index (χ1) is 13.0. The Kier molecular flexibility index (Phi) is 4.25. The van der Waals surface area contributed by atoms with Gasteiger partial charge in [-0.2, -0.15) is 5.10 Å². The molecule has 0 aliphatic carbocycles. The highest BCUT2D eigenvalue weighted by molar-refractivity contribution is 5.98. The number of aromatic nitrogens is 4. The Hall–Kier alpha value is -3.39. The number of rotatable bonds is 6. The average Bonchev–Trinajstić information content (AvgIpc) is 3.23. The monoisotopic (exact) mass is 365 g/mol. The molecule has 0 atom stereocenters. The van der Waals surface area contributed by atoms with Crippen molar-refractivity contribution < 1.29 is 14.6 Å². The molecule has 0 aliphatic rings. The summed E-state index contributed by atoms with van der Waals surface area (Å²) < 4.78 is 5.76. The van der Waals surface area contributed by atoms with Crippen LogP contribution in [-0.4, -0.2) is 63.4 Å². The third kappa shape index (κ3) is 3.34. The molecule has 0 unspecified atom stereocenters. The van der Waals surface area contributed by atoms with Crippen LogP contribution in [0.3, 0.4) is 0 Å². The number of aromatic carboxylic acids is 1. The van der Waals surface area contributed by atoms with E-state index in [4.69, 9.17) is 4.74 Å². The van der Waals surface area contributed by atoms with Gasteiger partial charge in [-0.15, -0.1) is 0 Å². The lowest BCUT2D eigenvalue weighted by atomic mass is 10.1. The summed E-state index contributed by atoms with van der Waals surface area (Å²) in [6, 6.07) is 10.5. The number of fused-ring (bicyclic) bond motifs is 2. The van der Waals surface area contributed by atoms with E-state index < -0.39 is 5.97 Å². The molecule has 0 aliphatic heterocycles. The SMILES string of the molecule is CN(C)CCOc1ccc2nc(-c3n[nH]c4ccc(C(=O)O)cc34)[nH]c2c1. The number of likely N-dealkylation sites (N-methyl/N-ethyl adjacent to an activating group) is 1. The number of carboxylic acid groups (broad SMARTS) is 1. The molecule has 2 heterocycles. The van der Waals surface area contributed by atoms with Gasteiger partial charge >= 0.3 is 5.97 Å². The fourth-order valence-corrected chi connectivity index (χ4v) is 2.86. The number of aromatic amines is 2. The van der Waals surface area contributed by atoms with E-state index in [-0.39, 0.29) is 5.56 Å². The quantitative estimate of drug-likeness (QED) is 0.485. The molecule has 8 nitrogen and oxygen atoms in total. The van der Waals surface area contributed by atoms with Gasteiger partial charge in [-0.1, -0.05) is 0 Å². The Morgan fingerprint density at radius 3 is 2.81 bits per heavy atom. The molecule has 8 heteroatoms. The van der Waals surface area contributed by atoms with Gasteiger partial charge in [-0.05, 0) is 44.4 Å². The van der Waals surface area contributed by atoms with E-state index in [2.05, 4.69) is 25.1 Å². The number of benzene rings is 2. The molecule has 0 radical (unpaired) electrons. The number of ether oxygens (including phenoxy) is 1. The minimum atomic E-state index is -0.979. The van der Waals surface area contributed by atoms with Crippen LogP contribution in [-0.2, 0) is 0 Å². The van der Waals surface area contributed by atoms with Gasteiger partial charge in [0, 0.05) is 18.0 Å². The van der Waals surface area contributed by atoms with Crippen LogP contribution < -0.4 is 4.74 Å². The lowest BCUT2D eigenvalue weighted by molar-refractivity contribution is 0.0697. The molecule has 4 aromatic rings. The first kappa shape index (κ1) is 17.0. The van der Waals surface area contributed by atoms with E-state index in [0.717, 1.165) is 28.8 Å². The summed E-state index contributed by atoms with van der Waals surface area (Å²) in [6.07, 6.45) is 0. The van der Waals surface area contributed by atoms with Crippen molar-refractivity contribution in [1.29, 1.82) is 0 Å². The van der Waals surface area contributed by atoms with Crippen molar-refractivity contribution in [2.45, 2.75) is 0 Å². The molecule has 3 N–H and O–H groups in total. The van der Waals surface area contributed by atoms with Gasteiger partial charge in [0.25, 0.3) is 0 Å². The van der Waals surface area contributed by atoms with Gasteiger partial charge < -0.3 is 19.7 Å². The fourth-order valence-electron chi connectivity index (χ4n) is 2.86. The average molecular weight is 365 g/mol. The summed E-state index contributed by atoms with van der Waals surface area (Å²) in [4.78, 5) is 21.1. The molecule has 0 saturated heterocycles. The van der Waals surface area contributed by atoms with Crippen molar-refractivity contribution in [2.24, 2.45) is 0 Å². The number of imidazole rings is 1. The maximum absolute atomic E-state index is 11.3. The normalized spacial score (nSPS) is 11.5. The summed E-state index contributed by atoms with van der Waals surface area (Å²) in [5.41, 5.74) is 3.16. The van der Waals surface area contributed by atoms with Gasteiger partial charge in [0.05, 0.1) is 22.1 Å². The molecule has 4 rings (SSSR count).